The molecular weight excluding hydrogens is 252 g/mol. The Bertz CT molecular complexity index is 596. The molecular formula is C16H16N2O2. The lowest BCUT2D eigenvalue weighted by Gasteiger charge is -2.15. The molecule has 4 heteroatoms. The first-order valence-corrected chi connectivity index (χ1v) is 6.55. The maximum atomic E-state index is 12.1. The minimum Gasteiger partial charge on any atom is -0.497 e. The summed E-state index contributed by atoms with van der Waals surface area (Å²) < 4.78 is 5.13. The Morgan fingerprint density at radius 1 is 1.10 bits per heavy atom. The topological polar surface area (TPSA) is 41.6 Å². The molecule has 2 aromatic rings. The van der Waals surface area contributed by atoms with Gasteiger partial charge in [0, 0.05) is 5.69 Å². The van der Waals surface area contributed by atoms with Crippen LogP contribution in [0.15, 0.2) is 54.6 Å². The molecule has 1 heterocycles. The molecule has 0 bridgehead atoms. The maximum Gasteiger partial charge on any atom is 0.322 e. The Balaban J connectivity index is 1.80. The summed E-state index contributed by atoms with van der Waals surface area (Å²) in [6.45, 7) is 0.634. The average molecular weight is 268 g/mol. The average Bonchev–Trinajstić information content (AvgIpc) is 2.90. The third-order valence-corrected chi connectivity index (χ3v) is 3.49. The highest BCUT2D eigenvalue weighted by Gasteiger charge is 2.30. The van der Waals surface area contributed by atoms with E-state index in [0.29, 0.717) is 6.54 Å². The van der Waals surface area contributed by atoms with Crippen molar-refractivity contribution in [3.05, 3.63) is 60.2 Å². The summed E-state index contributed by atoms with van der Waals surface area (Å²) in [7, 11) is 1.63. The zero-order chi connectivity index (χ0) is 13.9. The predicted molar refractivity (Wildman–Crippen MR) is 78.1 cm³/mol. The van der Waals surface area contributed by atoms with Gasteiger partial charge in [0.25, 0.3) is 0 Å². The lowest BCUT2D eigenvalue weighted by Crippen LogP contribution is -2.27. The molecule has 0 aliphatic carbocycles. The van der Waals surface area contributed by atoms with Gasteiger partial charge in [-0.05, 0) is 29.8 Å². The number of hydrogen-bond donors (Lipinski definition) is 1. The molecule has 1 aliphatic rings. The Morgan fingerprint density at radius 2 is 1.80 bits per heavy atom. The molecule has 1 saturated heterocycles. The van der Waals surface area contributed by atoms with E-state index in [2.05, 4.69) is 5.32 Å². The largest absolute Gasteiger partial charge is 0.497 e. The normalized spacial score (nSPS) is 17.9. The first-order chi connectivity index (χ1) is 9.78. The number of urea groups is 1. The van der Waals surface area contributed by atoms with Gasteiger partial charge in [-0.2, -0.15) is 0 Å². The van der Waals surface area contributed by atoms with Gasteiger partial charge < -0.3 is 10.1 Å². The maximum absolute atomic E-state index is 12.1. The summed E-state index contributed by atoms with van der Waals surface area (Å²) >= 11 is 0. The quantitative estimate of drug-likeness (QED) is 0.929. The van der Waals surface area contributed by atoms with Gasteiger partial charge in [-0.1, -0.05) is 30.3 Å². The van der Waals surface area contributed by atoms with Crippen molar-refractivity contribution in [1.29, 1.82) is 0 Å². The van der Waals surface area contributed by atoms with E-state index in [-0.39, 0.29) is 12.1 Å². The van der Waals surface area contributed by atoms with Crippen molar-refractivity contribution in [2.24, 2.45) is 0 Å². The minimum atomic E-state index is -0.0657. The highest BCUT2D eigenvalue weighted by atomic mass is 16.5. The zero-order valence-corrected chi connectivity index (χ0v) is 11.2. The van der Waals surface area contributed by atoms with Crippen molar-refractivity contribution < 1.29 is 9.53 Å². The van der Waals surface area contributed by atoms with Crippen LogP contribution in [-0.4, -0.2) is 19.7 Å². The van der Waals surface area contributed by atoms with Crippen molar-refractivity contribution in [2.45, 2.75) is 6.04 Å². The number of amides is 2. The number of nitrogens with zero attached hydrogens (tertiary/aromatic N) is 1. The van der Waals surface area contributed by atoms with E-state index < -0.39 is 0 Å². The lowest BCUT2D eigenvalue weighted by molar-refractivity contribution is 0.251. The number of nitrogens with one attached hydrogen (secondary N) is 1. The predicted octanol–water partition coefficient (Wildman–Crippen LogP) is 2.97. The number of hydrogen-bond acceptors (Lipinski definition) is 2. The van der Waals surface area contributed by atoms with E-state index in [1.54, 1.807) is 12.0 Å². The fraction of sp³-hybridized carbons (Fsp3) is 0.188. The van der Waals surface area contributed by atoms with Crippen LogP contribution < -0.4 is 15.0 Å². The van der Waals surface area contributed by atoms with Gasteiger partial charge in [0.2, 0.25) is 0 Å². The highest BCUT2D eigenvalue weighted by molar-refractivity contribution is 5.94. The molecule has 0 aromatic heterocycles. The van der Waals surface area contributed by atoms with Gasteiger partial charge in [-0.25, -0.2) is 4.79 Å². The summed E-state index contributed by atoms with van der Waals surface area (Å²) in [6, 6.07) is 17.5. The molecule has 1 aliphatic heterocycles. The van der Waals surface area contributed by atoms with Gasteiger partial charge in [-0.15, -0.1) is 0 Å². The van der Waals surface area contributed by atoms with Crippen molar-refractivity contribution in [2.75, 3.05) is 18.6 Å². The first-order valence-electron chi connectivity index (χ1n) is 6.55. The lowest BCUT2D eigenvalue weighted by atomic mass is 10.1. The van der Waals surface area contributed by atoms with E-state index in [1.165, 1.54) is 0 Å². The van der Waals surface area contributed by atoms with Crippen LogP contribution in [0.2, 0.25) is 0 Å². The number of carbonyl (C=O) groups excluding carboxylic acids is 1. The molecule has 2 amide bonds. The molecule has 2 aromatic carbocycles. The molecule has 1 fully saturated rings. The van der Waals surface area contributed by atoms with E-state index in [9.17, 15) is 4.79 Å². The summed E-state index contributed by atoms with van der Waals surface area (Å²) in [5, 5.41) is 3.00. The number of rotatable bonds is 3. The Hall–Kier alpha value is -2.49. The fourth-order valence-corrected chi connectivity index (χ4v) is 2.40. The second-order valence-electron chi connectivity index (χ2n) is 4.72. The Morgan fingerprint density at radius 3 is 2.45 bits per heavy atom. The van der Waals surface area contributed by atoms with E-state index >= 15 is 0 Å². The molecule has 4 nitrogen and oxygen atoms in total. The summed E-state index contributed by atoms with van der Waals surface area (Å²) in [6.07, 6.45) is 0. The van der Waals surface area contributed by atoms with Crippen molar-refractivity contribution in [3.8, 4) is 5.75 Å². The summed E-state index contributed by atoms with van der Waals surface area (Å²) in [5.74, 6) is 0.785. The third-order valence-electron chi connectivity index (χ3n) is 3.49. The molecule has 20 heavy (non-hydrogen) atoms. The summed E-state index contributed by atoms with van der Waals surface area (Å²) in [4.78, 5) is 13.8. The molecule has 1 N–H and O–H groups in total. The van der Waals surface area contributed by atoms with Crippen molar-refractivity contribution in [1.82, 2.24) is 5.32 Å². The van der Waals surface area contributed by atoms with Crippen LogP contribution in [0.25, 0.3) is 0 Å². The highest BCUT2D eigenvalue weighted by Crippen LogP contribution is 2.26. The van der Waals surface area contributed by atoms with E-state index in [4.69, 9.17) is 4.74 Å². The number of ether oxygens (including phenoxy) is 1. The molecule has 3 rings (SSSR count). The molecule has 0 radical (unpaired) electrons. The van der Waals surface area contributed by atoms with Crippen molar-refractivity contribution >= 4 is 11.7 Å². The van der Waals surface area contributed by atoms with Crippen LogP contribution in [0.1, 0.15) is 11.6 Å². The minimum absolute atomic E-state index is 0.0331. The van der Waals surface area contributed by atoms with E-state index in [1.807, 2.05) is 54.6 Å². The fourth-order valence-electron chi connectivity index (χ4n) is 2.40. The molecule has 1 atom stereocenters. The third kappa shape index (κ3) is 2.32. The SMILES string of the molecule is COc1ccc(N2CC(c3ccccc3)NC2=O)cc1. The molecule has 102 valence electrons. The van der Waals surface area contributed by atoms with Crippen LogP contribution in [0, 0.1) is 0 Å². The second-order valence-corrected chi connectivity index (χ2v) is 4.72. The first kappa shape index (κ1) is 12.5. The number of carbonyl (C=O) groups is 1. The van der Waals surface area contributed by atoms with Gasteiger partial charge in [0.1, 0.15) is 5.75 Å². The smallest absolute Gasteiger partial charge is 0.322 e. The van der Waals surface area contributed by atoms with Gasteiger partial charge in [-0.3, -0.25) is 4.90 Å². The second kappa shape index (κ2) is 5.25. The van der Waals surface area contributed by atoms with Crippen LogP contribution >= 0.6 is 0 Å². The van der Waals surface area contributed by atoms with Gasteiger partial charge >= 0.3 is 6.03 Å². The standard InChI is InChI=1S/C16H16N2O2/c1-20-14-9-7-13(8-10-14)18-11-15(17-16(18)19)12-5-3-2-4-6-12/h2-10,15H,11H2,1H3,(H,17,19). The molecule has 1 unspecified atom stereocenters. The van der Waals surface area contributed by atoms with Crippen LogP contribution in [-0.2, 0) is 0 Å². The Kier molecular flexibility index (Phi) is 3.29. The van der Waals surface area contributed by atoms with Crippen LogP contribution in [0.5, 0.6) is 5.75 Å². The number of benzene rings is 2. The summed E-state index contributed by atoms with van der Waals surface area (Å²) in [5.41, 5.74) is 2.00. The van der Waals surface area contributed by atoms with E-state index in [0.717, 1.165) is 17.0 Å². The Labute approximate surface area is 118 Å². The molecule has 0 saturated carbocycles. The van der Waals surface area contributed by atoms with Crippen LogP contribution in [0.4, 0.5) is 10.5 Å². The van der Waals surface area contributed by atoms with Crippen LogP contribution in [0.3, 0.4) is 0 Å². The van der Waals surface area contributed by atoms with Gasteiger partial charge in [0.15, 0.2) is 0 Å². The zero-order valence-electron chi connectivity index (χ0n) is 11.2. The monoisotopic (exact) mass is 268 g/mol. The van der Waals surface area contributed by atoms with Crippen molar-refractivity contribution in [3.63, 3.8) is 0 Å². The number of anilines is 1. The van der Waals surface area contributed by atoms with Gasteiger partial charge in [0.05, 0.1) is 19.7 Å². The molecule has 0 spiro atoms. The number of methoxy groups -OCH3 is 1.